The smallest absolute Gasteiger partial charge is 0.226 e. The van der Waals surface area contributed by atoms with Gasteiger partial charge in [-0.1, -0.05) is 29.8 Å². The van der Waals surface area contributed by atoms with Crippen molar-refractivity contribution in [2.75, 3.05) is 11.9 Å². The van der Waals surface area contributed by atoms with Crippen LogP contribution >= 0.6 is 11.6 Å². The Morgan fingerprint density at radius 1 is 1.19 bits per heavy atom. The van der Waals surface area contributed by atoms with Crippen LogP contribution in [0.15, 0.2) is 60.1 Å². The number of benzene rings is 2. The van der Waals surface area contributed by atoms with E-state index in [1.165, 1.54) is 6.33 Å². The second-order valence-electron chi connectivity index (χ2n) is 7.69. The molecule has 3 aromatic rings. The molecule has 7 nitrogen and oxygen atoms in total. The van der Waals surface area contributed by atoms with Crippen LogP contribution in [0.25, 0.3) is 0 Å². The van der Waals surface area contributed by atoms with E-state index in [0.717, 1.165) is 16.8 Å². The molecule has 2 heterocycles. The molecule has 0 saturated carbocycles. The molecule has 2 atom stereocenters. The summed E-state index contributed by atoms with van der Waals surface area (Å²) in [6.07, 6.45) is 2.56. The number of hydrogen-bond donors (Lipinski definition) is 2. The van der Waals surface area contributed by atoms with E-state index in [9.17, 15) is 9.90 Å². The molecule has 0 saturated heterocycles. The Hall–Kier alpha value is -3.32. The van der Waals surface area contributed by atoms with Crippen molar-refractivity contribution in [3.8, 4) is 11.5 Å². The third-order valence-electron chi connectivity index (χ3n) is 5.80. The predicted molar refractivity (Wildman–Crippen MR) is 117 cm³/mol. The van der Waals surface area contributed by atoms with Gasteiger partial charge in [0.1, 0.15) is 12.4 Å². The fourth-order valence-corrected chi connectivity index (χ4v) is 4.53. The molecule has 0 bridgehead atoms. The fourth-order valence-electron chi connectivity index (χ4n) is 4.40. The number of allylic oxidation sites excluding steroid dienone is 2. The number of carbonyl (C=O) groups excluding carboxylic acids is 1. The Morgan fingerprint density at radius 2 is 1.97 bits per heavy atom. The molecule has 2 aliphatic rings. The Labute approximate surface area is 184 Å². The minimum atomic E-state index is -0.438. The topological polar surface area (TPSA) is 89.3 Å². The minimum absolute atomic E-state index is 0.0601. The lowest BCUT2D eigenvalue weighted by molar-refractivity contribution is -0.116. The second-order valence-corrected chi connectivity index (χ2v) is 8.12. The minimum Gasteiger partial charge on any atom is -0.504 e. The number of phenols is 1. The molecular formula is C23H21ClN4O3. The average molecular weight is 437 g/mol. The van der Waals surface area contributed by atoms with E-state index >= 15 is 0 Å². The first-order chi connectivity index (χ1) is 15.0. The highest BCUT2D eigenvalue weighted by atomic mass is 35.5. The molecule has 2 aromatic carbocycles. The van der Waals surface area contributed by atoms with E-state index in [1.807, 2.05) is 31.2 Å². The van der Waals surface area contributed by atoms with Crippen LogP contribution in [0.3, 0.4) is 0 Å². The number of carbonyl (C=O) groups is 1. The molecule has 0 spiro atoms. The number of rotatable bonds is 4. The predicted octanol–water partition coefficient (Wildman–Crippen LogP) is 4.45. The summed E-state index contributed by atoms with van der Waals surface area (Å²) in [5.41, 5.74) is 3.42. The normalized spacial score (nSPS) is 20.1. The highest BCUT2D eigenvalue weighted by molar-refractivity contribution is 6.30. The van der Waals surface area contributed by atoms with Crippen molar-refractivity contribution in [1.29, 1.82) is 0 Å². The first-order valence-electron chi connectivity index (χ1n) is 10.2. The van der Waals surface area contributed by atoms with Gasteiger partial charge in [-0.2, -0.15) is 10.1 Å². The summed E-state index contributed by atoms with van der Waals surface area (Å²) >= 11 is 6.03. The van der Waals surface area contributed by atoms with Gasteiger partial charge >= 0.3 is 0 Å². The summed E-state index contributed by atoms with van der Waals surface area (Å²) in [7, 11) is 0. The van der Waals surface area contributed by atoms with Crippen molar-refractivity contribution in [3.05, 3.63) is 76.2 Å². The Morgan fingerprint density at radius 3 is 2.74 bits per heavy atom. The highest BCUT2D eigenvalue weighted by Gasteiger charge is 2.39. The zero-order chi connectivity index (χ0) is 21.5. The lowest BCUT2D eigenvalue weighted by Crippen LogP contribution is -2.33. The van der Waals surface area contributed by atoms with Crippen molar-refractivity contribution in [1.82, 2.24) is 14.8 Å². The van der Waals surface area contributed by atoms with Gasteiger partial charge in [0.2, 0.25) is 5.95 Å². The average Bonchev–Trinajstić information content (AvgIpc) is 3.22. The Kier molecular flexibility index (Phi) is 4.90. The maximum Gasteiger partial charge on any atom is 0.226 e. The summed E-state index contributed by atoms with van der Waals surface area (Å²) < 4.78 is 7.27. The van der Waals surface area contributed by atoms with Crippen molar-refractivity contribution < 1.29 is 14.6 Å². The molecule has 1 aromatic heterocycles. The third-order valence-corrected chi connectivity index (χ3v) is 6.05. The van der Waals surface area contributed by atoms with Gasteiger partial charge in [0.25, 0.3) is 0 Å². The SMILES string of the molecule is CCOc1cc([C@@H]2C3=C(C[C@H](c4ccc(Cl)cc4)CC3=O)Nc3ncnn32)ccc1O. The maximum atomic E-state index is 13.4. The van der Waals surface area contributed by atoms with Crippen LogP contribution in [0, 0.1) is 0 Å². The van der Waals surface area contributed by atoms with E-state index in [0.29, 0.717) is 41.7 Å². The molecule has 8 heteroatoms. The maximum absolute atomic E-state index is 13.4. The van der Waals surface area contributed by atoms with Gasteiger partial charge in [-0.15, -0.1) is 0 Å². The zero-order valence-corrected chi connectivity index (χ0v) is 17.6. The number of Topliss-reactive ketones (excluding diaryl/α,β-unsaturated/α-hetero) is 1. The van der Waals surface area contributed by atoms with E-state index in [2.05, 4.69) is 15.4 Å². The largest absolute Gasteiger partial charge is 0.504 e. The standard InChI is InChI=1S/C23H21ClN4O3/c1-2-31-20-11-14(5-8-18(20)29)22-21-17(27-23-25-12-26-28(22)23)9-15(10-19(21)30)13-3-6-16(24)7-4-13/h3-8,11-12,15,22,29H,2,9-10H2,1H3,(H,25,26,27)/t15-,22+/m0/s1. The fraction of sp³-hybridized carbons (Fsp3) is 0.261. The molecule has 0 fully saturated rings. The molecule has 2 N–H and O–H groups in total. The molecule has 1 aliphatic heterocycles. The number of aromatic hydroxyl groups is 1. The summed E-state index contributed by atoms with van der Waals surface area (Å²) in [5, 5.41) is 18.5. The van der Waals surface area contributed by atoms with Gasteiger partial charge in [0, 0.05) is 22.7 Å². The summed E-state index contributed by atoms with van der Waals surface area (Å²) in [6, 6.07) is 12.4. The number of nitrogens with one attached hydrogen (secondary N) is 1. The van der Waals surface area contributed by atoms with Gasteiger partial charge in [-0.3, -0.25) is 4.79 Å². The lowest BCUT2D eigenvalue weighted by Gasteiger charge is -2.35. The number of phenolic OH excluding ortho intramolecular Hbond substituents is 1. The number of halogens is 1. The van der Waals surface area contributed by atoms with E-state index in [1.54, 1.807) is 22.9 Å². The van der Waals surface area contributed by atoms with Gasteiger partial charge < -0.3 is 15.2 Å². The van der Waals surface area contributed by atoms with E-state index in [-0.39, 0.29) is 17.5 Å². The molecule has 0 unspecified atom stereocenters. The number of fused-ring (bicyclic) bond motifs is 1. The number of ketones is 1. The van der Waals surface area contributed by atoms with Crippen molar-refractivity contribution >= 4 is 23.3 Å². The van der Waals surface area contributed by atoms with Crippen LogP contribution in [0.1, 0.15) is 42.9 Å². The van der Waals surface area contributed by atoms with Crippen LogP contribution < -0.4 is 10.1 Å². The van der Waals surface area contributed by atoms with Crippen LogP contribution in [-0.2, 0) is 4.79 Å². The quantitative estimate of drug-likeness (QED) is 0.628. The van der Waals surface area contributed by atoms with Crippen LogP contribution in [0.4, 0.5) is 5.95 Å². The van der Waals surface area contributed by atoms with Crippen molar-refractivity contribution in [3.63, 3.8) is 0 Å². The van der Waals surface area contributed by atoms with Crippen molar-refractivity contribution in [2.45, 2.75) is 31.7 Å². The molecule has 1 aliphatic carbocycles. The summed E-state index contributed by atoms with van der Waals surface area (Å²) in [5.74, 6) is 1.14. The first kappa shape index (κ1) is 19.6. The number of hydrogen-bond acceptors (Lipinski definition) is 6. The third kappa shape index (κ3) is 3.45. The Balaban J connectivity index is 1.58. The summed E-state index contributed by atoms with van der Waals surface area (Å²) in [4.78, 5) is 17.7. The number of nitrogens with zero attached hydrogens (tertiary/aromatic N) is 3. The van der Waals surface area contributed by atoms with E-state index < -0.39 is 6.04 Å². The van der Waals surface area contributed by atoms with Crippen molar-refractivity contribution in [2.24, 2.45) is 0 Å². The molecule has 158 valence electrons. The van der Waals surface area contributed by atoms with Crippen LogP contribution in [0.2, 0.25) is 5.02 Å². The zero-order valence-electron chi connectivity index (χ0n) is 16.9. The van der Waals surface area contributed by atoms with Crippen LogP contribution in [0.5, 0.6) is 11.5 Å². The lowest BCUT2D eigenvalue weighted by atomic mass is 9.78. The number of aromatic nitrogens is 3. The molecule has 0 radical (unpaired) electrons. The molecule has 5 rings (SSSR count). The molecular weight excluding hydrogens is 416 g/mol. The van der Waals surface area contributed by atoms with Gasteiger partial charge in [0.05, 0.1) is 6.61 Å². The number of ether oxygens (including phenoxy) is 1. The van der Waals surface area contributed by atoms with Gasteiger partial charge in [0.15, 0.2) is 17.3 Å². The van der Waals surface area contributed by atoms with Gasteiger partial charge in [-0.05, 0) is 54.7 Å². The summed E-state index contributed by atoms with van der Waals surface area (Å²) in [6.45, 7) is 2.28. The second kappa shape index (κ2) is 7.74. The van der Waals surface area contributed by atoms with E-state index in [4.69, 9.17) is 16.3 Å². The van der Waals surface area contributed by atoms with Gasteiger partial charge in [-0.25, -0.2) is 4.68 Å². The molecule has 0 amide bonds. The molecule has 31 heavy (non-hydrogen) atoms. The number of anilines is 1. The first-order valence-corrected chi connectivity index (χ1v) is 10.6. The Bertz CT molecular complexity index is 1190. The highest BCUT2D eigenvalue weighted by Crippen LogP contribution is 2.45. The van der Waals surface area contributed by atoms with Crippen LogP contribution in [-0.4, -0.2) is 32.3 Å². The monoisotopic (exact) mass is 436 g/mol.